The first kappa shape index (κ1) is 12.3. The van der Waals surface area contributed by atoms with Crippen LogP contribution in [0.1, 0.15) is 6.92 Å². The van der Waals surface area contributed by atoms with E-state index in [1.165, 1.54) is 19.1 Å². The topological polar surface area (TPSA) is 59.3 Å². The number of rotatable bonds is 2. The van der Waals surface area contributed by atoms with Crippen LogP contribution in [0, 0.1) is 5.82 Å². The van der Waals surface area contributed by atoms with Crippen molar-refractivity contribution in [1.82, 2.24) is 14.6 Å². The summed E-state index contributed by atoms with van der Waals surface area (Å²) in [4.78, 5) is 15.1. The minimum absolute atomic E-state index is 0.230. The van der Waals surface area contributed by atoms with Gasteiger partial charge in [-0.3, -0.25) is 10.1 Å². The predicted molar refractivity (Wildman–Crippen MR) is 72.7 cm³/mol. The van der Waals surface area contributed by atoms with Gasteiger partial charge in [0.05, 0.1) is 0 Å². The molecular formula is C14H11FN4O. The first-order valence-corrected chi connectivity index (χ1v) is 6.02. The molecule has 0 aliphatic heterocycles. The van der Waals surface area contributed by atoms with Gasteiger partial charge >= 0.3 is 0 Å². The number of pyridine rings is 1. The molecule has 3 aromatic rings. The van der Waals surface area contributed by atoms with Crippen molar-refractivity contribution in [3.05, 3.63) is 48.4 Å². The van der Waals surface area contributed by atoms with E-state index < -0.39 is 0 Å². The molecule has 0 fully saturated rings. The van der Waals surface area contributed by atoms with E-state index in [0.29, 0.717) is 5.65 Å². The summed E-state index contributed by atoms with van der Waals surface area (Å²) in [6.07, 6.45) is 1.74. The molecule has 0 saturated heterocycles. The zero-order valence-corrected chi connectivity index (χ0v) is 10.7. The second kappa shape index (κ2) is 4.73. The number of fused-ring (bicyclic) bond motifs is 1. The lowest BCUT2D eigenvalue weighted by molar-refractivity contribution is -0.114. The second-order valence-electron chi connectivity index (χ2n) is 4.35. The van der Waals surface area contributed by atoms with Gasteiger partial charge in [-0.2, -0.15) is 4.98 Å². The molecule has 5 nitrogen and oxygen atoms in total. The van der Waals surface area contributed by atoms with Gasteiger partial charge in [0, 0.05) is 18.7 Å². The molecule has 0 atom stereocenters. The number of aromatic nitrogens is 3. The second-order valence-corrected chi connectivity index (χ2v) is 4.35. The molecule has 0 saturated carbocycles. The normalized spacial score (nSPS) is 10.7. The Hall–Kier alpha value is -2.76. The van der Waals surface area contributed by atoms with Crippen molar-refractivity contribution >= 4 is 17.5 Å². The van der Waals surface area contributed by atoms with Crippen molar-refractivity contribution < 1.29 is 9.18 Å². The minimum Gasteiger partial charge on any atom is -0.293 e. The molecule has 1 aromatic carbocycles. The third kappa shape index (κ3) is 2.35. The highest BCUT2D eigenvalue weighted by molar-refractivity contribution is 5.86. The number of hydrogen-bond donors (Lipinski definition) is 1. The largest absolute Gasteiger partial charge is 0.293 e. The summed E-state index contributed by atoms with van der Waals surface area (Å²) in [6.45, 7) is 1.39. The first-order chi connectivity index (χ1) is 9.61. The minimum atomic E-state index is -0.292. The van der Waals surface area contributed by atoms with Crippen LogP contribution in [0.2, 0.25) is 0 Å². The molecule has 20 heavy (non-hydrogen) atoms. The monoisotopic (exact) mass is 270 g/mol. The van der Waals surface area contributed by atoms with Crippen molar-refractivity contribution in [3.63, 3.8) is 0 Å². The highest BCUT2D eigenvalue weighted by atomic mass is 19.1. The maximum Gasteiger partial charge on any atom is 0.249 e. The van der Waals surface area contributed by atoms with Crippen LogP contribution >= 0.6 is 0 Å². The summed E-state index contributed by atoms with van der Waals surface area (Å²) in [5, 5.41) is 6.66. The lowest BCUT2D eigenvalue weighted by atomic mass is 10.1. The van der Waals surface area contributed by atoms with Crippen LogP contribution in [-0.2, 0) is 4.79 Å². The van der Waals surface area contributed by atoms with Crippen LogP contribution in [0.4, 0.5) is 10.3 Å². The van der Waals surface area contributed by atoms with E-state index in [1.807, 2.05) is 12.1 Å². The SMILES string of the molecule is CC(=O)Nc1nc2ccc(-c3cccc(F)c3)cn2n1. The molecule has 6 heteroatoms. The smallest absolute Gasteiger partial charge is 0.249 e. The number of carbonyl (C=O) groups is 1. The van der Waals surface area contributed by atoms with E-state index in [1.54, 1.807) is 22.8 Å². The summed E-state index contributed by atoms with van der Waals surface area (Å²) in [7, 11) is 0. The number of nitrogens with one attached hydrogen (secondary N) is 1. The van der Waals surface area contributed by atoms with Gasteiger partial charge in [0.25, 0.3) is 0 Å². The molecule has 0 bridgehead atoms. The van der Waals surface area contributed by atoms with Crippen molar-refractivity contribution in [2.24, 2.45) is 0 Å². The third-order valence-corrected chi connectivity index (χ3v) is 2.78. The fourth-order valence-corrected chi connectivity index (χ4v) is 1.93. The van der Waals surface area contributed by atoms with Crippen LogP contribution < -0.4 is 5.32 Å². The van der Waals surface area contributed by atoms with E-state index in [4.69, 9.17) is 0 Å². The Bertz CT molecular complexity index is 797. The average molecular weight is 270 g/mol. The molecule has 0 aliphatic carbocycles. The highest BCUT2D eigenvalue weighted by Crippen LogP contribution is 2.20. The Kier molecular flexibility index (Phi) is 2.90. The van der Waals surface area contributed by atoms with Gasteiger partial charge < -0.3 is 0 Å². The third-order valence-electron chi connectivity index (χ3n) is 2.78. The average Bonchev–Trinajstić information content (AvgIpc) is 2.78. The number of anilines is 1. The Labute approximate surface area is 114 Å². The molecular weight excluding hydrogens is 259 g/mol. The molecule has 2 aromatic heterocycles. The van der Waals surface area contributed by atoms with E-state index in [9.17, 15) is 9.18 Å². The van der Waals surface area contributed by atoms with E-state index in [2.05, 4.69) is 15.4 Å². The van der Waals surface area contributed by atoms with Gasteiger partial charge in [-0.15, -0.1) is 5.10 Å². The Balaban J connectivity index is 2.04. The molecule has 1 amide bonds. The van der Waals surface area contributed by atoms with E-state index >= 15 is 0 Å². The van der Waals surface area contributed by atoms with Gasteiger partial charge in [-0.05, 0) is 29.8 Å². The van der Waals surface area contributed by atoms with Crippen molar-refractivity contribution in [2.75, 3.05) is 5.32 Å². The zero-order chi connectivity index (χ0) is 14.1. The van der Waals surface area contributed by atoms with E-state index in [0.717, 1.165) is 11.1 Å². The first-order valence-electron chi connectivity index (χ1n) is 6.02. The lowest BCUT2D eigenvalue weighted by Gasteiger charge is -2.01. The molecule has 0 spiro atoms. The summed E-state index contributed by atoms with van der Waals surface area (Å²) in [5.74, 6) is -0.278. The predicted octanol–water partition coefficient (Wildman–Crippen LogP) is 2.49. The van der Waals surface area contributed by atoms with E-state index in [-0.39, 0.29) is 17.7 Å². The maximum atomic E-state index is 13.2. The van der Waals surface area contributed by atoms with Crippen molar-refractivity contribution in [3.8, 4) is 11.1 Å². The van der Waals surface area contributed by atoms with Gasteiger partial charge in [0.1, 0.15) is 5.82 Å². The molecule has 0 unspecified atom stereocenters. The molecule has 0 radical (unpaired) electrons. The lowest BCUT2D eigenvalue weighted by Crippen LogP contribution is -2.07. The molecule has 0 aliphatic rings. The summed E-state index contributed by atoms with van der Waals surface area (Å²) in [5.41, 5.74) is 2.17. The van der Waals surface area contributed by atoms with Crippen molar-refractivity contribution in [1.29, 1.82) is 0 Å². The summed E-state index contributed by atoms with van der Waals surface area (Å²) >= 11 is 0. The number of hydrogen-bond acceptors (Lipinski definition) is 3. The van der Waals surface area contributed by atoms with Gasteiger partial charge in [-0.25, -0.2) is 8.91 Å². The quantitative estimate of drug-likeness (QED) is 0.778. The van der Waals surface area contributed by atoms with Crippen LogP contribution in [0.15, 0.2) is 42.6 Å². The number of carbonyl (C=O) groups excluding carboxylic acids is 1. The van der Waals surface area contributed by atoms with Crippen LogP contribution in [0.3, 0.4) is 0 Å². The van der Waals surface area contributed by atoms with Crippen LogP contribution in [0.25, 0.3) is 16.8 Å². The highest BCUT2D eigenvalue weighted by Gasteiger charge is 2.06. The molecule has 1 N–H and O–H groups in total. The number of nitrogens with zero attached hydrogens (tertiary/aromatic N) is 3. The number of benzene rings is 1. The van der Waals surface area contributed by atoms with Crippen LogP contribution in [-0.4, -0.2) is 20.5 Å². The fourth-order valence-electron chi connectivity index (χ4n) is 1.93. The van der Waals surface area contributed by atoms with Gasteiger partial charge in [0.15, 0.2) is 5.65 Å². The standard InChI is InChI=1S/C14H11FN4O/c1-9(20)16-14-17-13-6-5-11(8-19(13)18-14)10-3-2-4-12(15)7-10/h2-8H,1H3,(H,16,18,20). The summed E-state index contributed by atoms with van der Waals surface area (Å²) in [6, 6.07) is 9.91. The molecule has 2 heterocycles. The van der Waals surface area contributed by atoms with Gasteiger partial charge in [-0.1, -0.05) is 12.1 Å². The van der Waals surface area contributed by atoms with Gasteiger partial charge in [0.2, 0.25) is 11.9 Å². The Morgan fingerprint density at radius 3 is 2.85 bits per heavy atom. The maximum absolute atomic E-state index is 13.2. The summed E-state index contributed by atoms with van der Waals surface area (Å²) < 4.78 is 14.8. The number of halogens is 1. The Morgan fingerprint density at radius 1 is 1.25 bits per heavy atom. The Morgan fingerprint density at radius 2 is 2.10 bits per heavy atom. The van der Waals surface area contributed by atoms with Crippen LogP contribution in [0.5, 0.6) is 0 Å². The zero-order valence-electron chi connectivity index (χ0n) is 10.7. The fraction of sp³-hybridized carbons (Fsp3) is 0.0714. The molecule has 100 valence electrons. The number of amides is 1. The van der Waals surface area contributed by atoms with Crippen molar-refractivity contribution in [2.45, 2.75) is 6.92 Å². The molecule has 3 rings (SSSR count).